The van der Waals surface area contributed by atoms with Gasteiger partial charge in [-0.05, 0) is 49.4 Å². The van der Waals surface area contributed by atoms with Crippen molar-refractivity contribution in [2.24, 2.45) is 0 Å². The average Bonchev–Trinajstić information content (AvgIpc) is 3.14. The number of aromatic nitrogens is 1. The number of nitrogens with zero attached hydrogens (tertiary/aromatic N) is 2. The monoisotopic (exact) mass is 260 g/mol. The summed E-state index contributed by atoms with van der Waals surface area (Å²) in [5.41, 5.74) is 0.778. The van der Waals surface area contributed by atoms with E-state index in [9.17, 15) is 9.18 Å². The Bertz CT molecular complexity index is 616. The topological polar surface area (TPSA) is 25.2 Å². The van der Waals surface area contributed by atoms with Gasteiger partial charge in [0.15, 0.2) is 0 Å². The van der Waals surface area contributed by atoms with Gasteiger partial charge in [0.05, 0.1) is 5.52 Å². The van der Waals surface area contributed by atoms with Crippen LogP contribution in [-0.4, -0.2) is 28.0 Å². The van der Waals surface area contributed by atoms with Crippen molar-refractivity contribution in [1.29, 1.82) is 0 Å². The van der Waals surface area contributed by atoms with Crippen LogP contribution in [0.25, 0.3) is 10.9 Å². The van der Waals surface area contributed by atoms with E-state index in [4.69, 9.17) is 0 Å². The number of hydrogen-bond acceptors (Lipinski definition) is 1. The van der Waals surface area contributed by atoms with E-state index in [0.29, 0.717) is 6.04 Å². The molecule has 4 heteroatoms. The van der Waals surface area contributed by atoms with Crippen LogP contribution in [0.3, 0.4) is 0 Å². The first kappa shape index (κ1) is 12.2. The molecule has 1 aliphatic rings. The Labute approximate surface area is 111 Å². The minimum atomic E-state index is -0.269. The van der Waals surface area contributed by atoms with Crippen LogP contribution in [0, 0.1) is 5.82 Å². The van der Waals surface area contributed by atoms with Gasteiger partial charge in [-0.25, -0.2) is 4.39 Å². The first-order valence-corrected chi connectivity index (χ1v) is 6.73. The molecule has 100 valence electrons. The smallest absolute Gasteiger partial charge is 0.242 e. The van der Waals surface area contributed by atoms with Crippen molar-refractivity contribution in [2.75, 3.05) is 6.54 Å². The molecule has 3 nitrogen and oxygen atoms in total. The van der Waals surface area contributed by atoms with Gasteiger partial charge in [-0.15, -0.1) is 0 Å². The van der Waals surface area contributed by atoms with Gasteiger partial charge in [0, 0.05) is 18.8 Å². The lowest BCUT2D eigenvalue weighted by molar-refractivity contribution is -0.132. The summed E-state index contributed by atoms with van der Waals surface area (Å²) in [6.45, 7) is 3.04. The van der Waals surface area contributed by atoms with Gasteiger partial charge in [-0.1, -0.05) is 0 Å². The third-order valence-electron chi connectivity index (χ3n) is 3.69. The molecule has 0 aliphatic heterocycles. The van der Waals surface area contributed by atoms with Crippen LogP contribution < -0.4 is 0 Å². The van der Waals surface area contributed by atoms with Crippen LogP contribution in [0.5, 0.6) is 0 Å². The zero-order chi connectivity index (χ0) is 13.4. The normalized spacial score (nSPS) is 14.8. The fraction of sp³-hybridized carbons (Fsp3) is 0.400. The first-order valence-electron chi connectivity index (χ1n) is 6.73. The van der Waals surface area contributed by atoms with Gasteiger partial charge in [-0.3, -0.25) is 4.79 Å². The van der Waals surface area contributed by atoms with Crippen LogP contribution >= 0.6 is 0 Å². The number of benzene rings is 1. The number of carbonyl (C=O) groups is 1. The highest BCUT2D eigenvalue weighted by Gasteiger charge is 2.31. The average molecular weight is 260 g/mol. The second-order valence-electron chi connectivity index (χ2n) is 5.06. The molecule has 1 aliphatic carbocycles. The van der Waals surface area contributed by atoms with Gasteiger partial charge in [0.2, 0.25) is 5.91 Å². The SMILES string of the molecule is CCN(C(=O)Cn1ccc2ccc(F)cc21)C1CC1. The summed E-state index contributed by atoms with van der Waals surface area (Å²) in [7, 11) is 0. The zero-order valence-electron chi connectivity index (χ0n) is 11.0. The predicted molar refractivity (Wildman–Crippen MR) is 72.3 cm³/mol. The van der Waals surface area contributed by atoms with Crippen LogP contribution in [0.1, 0.15) is 19.8 Å². The van der Waals surface area contributed by atoms with Crippen LogP contribution in [0.2, 0.25) is 0 Å². The quantitative estimate of drug-likeness (QED) is 0.829. The minimum Gasteiger partial charge on any atom is -0.338 e. The maximum atomic E-state index is 13.3. The van der Waals surface area contributed by atoms with Crippen molar-refractivity contribution in [2.45, 2.75) is 32.4 Å². The van der Waals surface area contributed by atoms with Crippen molar-refractivity contribution in [3.05, 3.63) is 36.3 Å². The number of likely N-dealkylation sites (N-methyl/N-ethyl adjacent to an activating group) is 1. The lowest BCUT2D eigenvalue weighted by atomic mass is 10.2. The fourth-order valence-corrected chi connectivity index (χ4v) is 2.56. The molecular formula is C15H17FN2O. The molecule has 0 saturated heterocycles. The zero-order valence-corrected chi connectivity index (χ0v) is 11.0. The Kier molecular flexibility index (Phi) is 3.01. The summed E-state index contributed by atoms with van der Waals surface area (Å²) in [5.74, 6) is -0.152. The summed E-state index contributed by atoms with van der Waals surface area (Å²) in [6, 6.07) is 7.00. The molecule has 0 radical (unpaired) electrons. The molecule has 1 heterocycles. The van der Waals surface area contributed by atoms with E-state index < -0.39 is 0 Å². The number of carbonyl (C=O) groups excluding carboxylic acids is 1. The highest BCUT2D eigenvalue weighted by Crippen LogP contribution is 2.27. The van der Waals surface area contributed by atoms with Crippen molar-refractivity contribution in [3.8, 4) is 0 Å². The molecular weight excluding hydrogens is 243 g/mol. The third-order valence-corrected chi connectivity index (χ3v) is 3.69. The number of fused-ring (bicyclic) bond motifs is 1. The molecule has 1 fully saturated rings. The number of hydrogen-bond donors (Lipinski definition) is 0. The summed E-state index contributed by atoms with van der Waals surface area (Å²) < 4.78 is 15.1. The van der Waals surface area contributed by atoms with Gasteiger partial charge >= 0.3 is 0 Å². The molecule has 1 saturated carbocycles. The molecule has 1 aromatic heterocycles. The molecule has 19 heavy (non-hydrogen) atoms. The Hall–Kier alpha value is -1.84. The van der Waals surface area contributed by atoms with Gasteiger partial charge in [0.1, 0.15) is 12.4 Å². The van der Waals surface area contributed by atoms with Crippen molar-refractivity contribution in [3.63, 3.8) is 0 Å². The van der Waals surface area contributed by atoms with E-state index in [1.807, 2.05) is 28.7 Å². The molecule has 0 unspecified atom stereocenters. The standard InChI is InChI=1S/C15H17FN2O/c1-2-18(13-5-6-13)15(19)10-17-8-7-11-3-4-12(16)9-14(11)17/h3-4,7-9,13H,2,5-6,10H2,1H3. The first-order chi connectivity index (χ1) is 9.19. The summed E-state index contributed by atoms with van der Waals surface area (Å²) in [4.78, 5) is 14.2. The van der Waals surface area contributed by atoms with E-state index in [0.717, 1.165) is 30.3 Å². The highest BCUT2D eigenvalue weighted by molar-refractivity contribution is 5.83. The number of halogens is 1. The van der Waals surface area contributed by atoms with Crippen molar-refractivity contribution < 1.29 is 9.18 Å². The van der Waals surface area contributed by atoms with E-state index in [2.05, 4.69) is 0 Å². The van der Waals surface area contributed by atoms with Crippen molar-refractivity contribution >= 4 is 16.8 Å². The van der Waals surface area contributed by atoms with Gasteiger partial charge in [0.25, 0.3) is 0 Å². The minimum absolute atomic E-state index is 0.117. The summed E-state index contributed by atoms with van der Waals surface area (Å²) in [5, 5.41) is 0.962. The van der Waals surface area contributed by atoms with Gasteiger partial charge < -0.3 is 9.47 Å². The van der Waals surface area contributed by atoms with E-state index in [1.54, 1.807) is 6.07 Å². The van der Waals surface area contributed by atoms with Crippen molar-refractivity contribution in [1.82, 2.24) is 9.47 Å². The Morgan fingerprint density at radius 3 is 2.89 bits per heavy atom. The Morgan fingerprint density at radius 1 is 1.42 bits per heavy atom. The highest BCUT2D eigenvalue weighted by atomic mass is 19.1. The summed E-state index contributed by atoms with van der Waals surface area (Å²) in [6.07, 6.45) is 4.07. The molecule has 0 bridgehead atoms. The van der Waals surface area contributed by atoms with E-state index >= 15 is 0 Å². The van der Waals surface area contributed by atoms with Gasteiger partial charge in [-0.2, -0.15) is 0 Å². The van der Waals surface area contributed by atoms with E-state index in [-0.39, 0.29) is 18.3 Å². The summed E-state index contributed by atoms with van der Waals surface area (Å²) >= 11 is 0. The van der Waals surface area contributed by atoms with Crippen LogP contribution in [0.15, 0.2) is 30.5 Å². The van der Waals surface area contributed by atoms with Crippen LogP contribution in [0.4, 0.5) is 4.39 Å². The maximum Gasteiger partial charge on any atom is 0.242 e. The molecule has 3 rings (SSSR count). The molecule has 0 N–H and O–H groups in total. The Balaban J connectivity index is 1.84. The third kappa shape index (κ3) is 2.35. The molecule has 1 amide bonds. The predicted octanol–water partition coefficient (Wildman–Crippen LogP) is 2.79. The van der Waals surface area contributed by atoms with Crippen LogP contribution in [-0.2, 0) is 11.3 Å². The maximum absolute atomic E-state index is 13.3. The lowest BCUT2D eigenvalue weighted by Crippen LogP contribution is -2.35. The molecule has 2 aromatic rings. The second-order valence-corrected chi connectivity index (χ2v) is 5.06. The lowest BCUT2D eigenvalue weighted by Gasteiger charge is -2.20. The van der Waals surface area contributed by atoms with E-state index in [1.165, 1.54) is 12.1 Å². The molecule has 1 aromatic carbocycles. The Morgan fingerprint density at radius 2 is 2.21 bits per heavy atom. The number of rotatable bonds is 4. The molecule has 0 spiro atoms. The second kappa shape index (κ2) is 4.68. The number of amides is 1. The molecule has 0 atom stereocenters. The largest absolute Gasteiger partial charge is 0.338 e. The fourth-order valence-electron chi connectivity index (χ4n) is 2.56.